The minimum Gasteiger partial charge on any atom is -0.481 e. The van der Waals surface area contributed by atoms with Gasteiger partial charge in [0.15, 0.2) is 6.10 Å². The molecule has 0 aliphatic heterocycles. The third-order valence-electron chi connectivity index (χ3n) is 6.33. The number of ether oxygens (including phenoxy) is 1. The van der Waals surface area contributed by atoms with Gasteiger partial charge in [0.1, 0.15) is 5.75 Å². The number of fused-ring (bicyclic) bond motifs is 3. The summed E-state index contributed by atoms with van der Waals surface area (Å²) in [6.45, 7) is 2.03. The molecule has 24 heavy (non-hydrogen) atoms. The lowest BCUT2D eigenvalue weighted by molar-refractivity contribution is -0.129. The van der Waals surface area contributed by atoms with Gasteiger partial charge in [0.05, 0.1) is 0 Å². The first-order valence-electron chi connectivity index (χ1n) is 9.81. The summed E-state index contributed by atoms with van der Waals surface area (Å²) >= 11 is 0. The fraction of sp³-hybridized carbons (Fsp3) is 0.667. The van der Waals surface area contributed by atoms with Crippen LogP contribution in [0.2, 0.25) is 0 Å². The third-order valence-corrected chi connectivity index (χ3v) is 6.33. The molecule has 0 unspecified atom stereocenters. The Bertz CT molecular complexity index is 612. The monoisotopic (exact) mass is 327 g/mol. The standard InChI is InChI=1S/C21H29NO2/c1-2-20(21(23)22-19-12-14-7-8-17(19)11-14)24-18-10-9-15-5-3-4-6-16(15)13-18/h9-10,13-14,17,19-20H,2-8,11-12H2,1H3,(H,22,23)/t14-,17-,19+,20-/m0/s1. The van der Waals surface area contributed by atoms with Gasteiger partial charge in [-0.2, -0.15) is 0 Å². The maximum Gasteiger partial charge on any atom is 0.261 e. The van der Waals surface area contributed by atoms with Crippen LogP contribution in [0.15, 0.2) is 18.2 Å². The van der Waals surface area contributed by atoms with Gasteiger partial charge in [-0.3, -0.25) is 4.79 Å². The molecule has 0 saturated heterocycles. The zero-order chi connectivity index (χ0) is 16.5. The molecular weight excluding hydrogens is 298 g/mol. The molecule has 4 rings (SSSR count). The topological polar surface area (TPSA) is 38.3 Å². The minimum absolute atomic E-state index is 0.0766. The SMILES string of the molecule is CC[C@H](Oc1ccc2c(c1)CCCC2)C(=O)N[C@@H]1C[C@H]2CC[C@H]1C2. The predicted octanol–water partition coefficient (Wildman–Crippen LogP) is 4.03. The second-order valence-corrected chi connectivity index (χ2v) is 7.94. The number of benzene rings is 1. The van der Waals surface area contributed by atoms with Gasteiger partial charge < -0.3 is 10.1 Å². The number of rotatable bonds is 5. The van der Waals surface area contributed by atoms with E-state index in [1.54, 1.807) is 0 Å². The van der Waals surface area contributed by atoms with Gasteiger partial charge in [0, 0.05) is 6.04 Å². The van der Waals surface area contributed by atoms with Crippen LogP contribution >= 0.6 is 0 Å². The quantitative estimate of drug-likeness (QED) is 0.887. The van der Waals surface area contributed by atoms with Gasteiger partial charge in [0.2, 0.25) is 0 Å². The first-order chi connectivity index (χ1) is 11.7. The number of carbonyl (C=O) groups excluding carboxylic acids is 1. The van der Waals surface area contributed by atoms with Crippen LogP contribution in [0.25, 0.3) is 0 Å². The van der Waals surface area contributed by atoms with E-state index in [2.05, 4.69) is 17.4 Å². The Kier molecular flexibility index (Phi) is 4.51. The molecule has 3 aliphatic rings. The highest BCUT2D eigenvalue weighted by molar-refractivity contribution is 5.81. The first-order valence-corrected chi connectivity index (χ1v) is 9.81. The van der Waals surface area contributed by atoms with Gasteiger partial charge in [-0.05, 0) is 86.5 Å². The zero-order valence-corrected chi connectivity index (χ0v) is 14.7. The molecule has 0 aromatic heterocycles. The second-order valence-electron chi connectivity index (χ2n) is 7.94. The van der Waals surface area contributed by atoms with Crippen molar-refractivity contribution in [3.63, 3.8) is 0 Å². The number of aryl methyl sites for hydroxylation is 2. The molecule has 0 radical (unpaired) electrons. The highest BCUT2D eigenvalue weighted by Crippen LogP contribution is 2.44. The minimum atomic E-state index is -0.370. The number of carbonyl (C=O) groups is 1. The van der Waals surface area contributed by atoms with E-state index in [4.69, 9.17) is 4.74 Å². The van der Waals surface area contributed by atoms with E-state index in [1.165, 1.54) is 56.1 Å². The van der Waals surface area contributed by atoms with Crippen LogP contribution in [-0.2, 0) is 17.6 Å². The van der Waals surface area contributed by atoms with E-state index < -0.39 is 0 Å². The smallest absolute Gasteiger partial charge is 0.261 e. The van der Waals surface area contributed by atoms with E-state index in [0.29, 0.717) is 18.4 Å². The zero-order valence-electron chi connectivity index (χ0n) is 14.7. The van der Waals surface area contributed by atoms with E-state index in [-0.39, 0.29) is 12.0 Å². The summed E-state index contributed by atoms with van der Waals surface area (Å²) in [6.07, 6.45) is 10.3. The van der Waals surface area contributed by atoms with Gasteiger partial charge in [0.25, 0.3) is 5.91 Å². The van der Waals surface area contributed by atoms with Crippen molar-refractivity contribution >= 4 is 5.91 Å². The molecule has 3 aliphatic carbocycles. The molecule has 1 aromatic carbocycles. The van der Waals surface area contributed by atoms with Gasteiger partial charge in [-0.1, -0.05) is 19.4 Å². The highest BCUT2D eigenvalue weighted by atomic mass is 16.5. The fourth-order valence-electron chi connectivity index (χ4n) is 4.97. The van der Waals surface area contributed by atoms with Crippen LogP contribution in [0.3, 0.4) is 0 Å². The lowest BCUT2D eigenvalue weighted by Gasteiger charge is -2.26. The Morgan fingerprint density at radius 2 is 2.04 bits per heavy atom. The molecule has 2 fully saturated rings. The van der Waals surface area contributed by atoms with E-state index in [9.17, 15) is 4.79 Å². The average molecular weight is 327 g/mol. The molecule has 2 bridgehead atoms. The van der Waals surface area contributed by atoms with Crippen LogP contribution in [-0.4, -0.2) is 18.1 Å². The van der Waals surface area contributed by atoms with Crippen LogP contribution in [0.5, 0.6) is 5.75 Å². The van der Waals surface area contributed by atoms with Crippen molar-refractivity contribution in [2.45, 2.75) is 76.9 Å². The molecule has 1 aromatic rings. The van der Waals surface area contributed by atoms with Crippen molar-refractivity contribution in [3.8, 4) is 5.75 Å². The molecule has 1 N–H and O–H groups in total. The lowest BCUT2D eigenvalue weighted by Crippen LogP contribution is -2.45. The van der Waals surface area contributed by atoms with E-state index in [1.807, 2.05) is 13.0 Å². The number of hydrogen-bond acceptors (Lipinski definition) is 2. The van der Waals surface area contributed by atoms with Crippen molar-refractivity contribution in [2.75, 3.05) is 0 Å². The Morgan fingerprint density at radius 3 is 2.75 bits per heavy atom. The largest absolute Gasteiger partial charge is 0.481 e. The van der Waals surface area contributed by atoms with Gasteiger partial charge in [-0.15, -0.1) is 0 Å². The highest BCUT2D eigenvalue weighted by Gasteiger charge is 2.40. The number of amides is 1. The summed E-state index contributed by atoms with van der Waals surface area (Å²) in [7, 11) is 0. The molecule has 130 valence electrons. The third kappa shape index (κ3) is 3.18. The average Bonchev–Trinajstić information content (AvgIpc) is 3.22. The predicted molar refractivity (Wildman–Crippen MR) is 95.2 cm³/mol. The fourth-order valence-corrected chi connectivity index (χ4v) is 4.97. The second kappa shape index (κ2) is 6.78. The molecule has 0 heterocycles. The lowest BCUT2D eigenvalue weighted by atomic mass is 9.92. The molecule has 3 heteroatoms. The Morgan fingerprint density at radius 1 is 1.21 bits per heavy atom. The summed E-state index contributed by atoms with van der Waals surface area (Å²) in [5.74, 6) is 2.49. The van der Waals surface area contributed by atoms with Crippen molar-refractivity contribution < 1.29 is 9.53 Å². The van der Waals surface area contributed by atoms with Crippen molar-refractivity contribution in [1.82, 2.24) is 5.32 Å². The van der Waals surface area contributed by atoms with Crippen molar-refractivity contribution in [3.05, 3.63) is 29.3 Å². The van der Waals surface area contributed by atoms with Gasteiger partial charge >= 0.3 is 0 Å². The van der Waals surface area contributed by atoms with Crippen LogP contribution in [0.1, 0.15) is 63.0 Å². The summed E-state index contributed by atoms with van der Waals surface area (Å²) in [4.78, 5) is 12.7. The van der Waals surface area contributed by atoms with Crippen LogP contribution in [0.4, 0.5) is 0 Å². The number of nitrogens with one attached hydrogen (secondary N) is 1. The normalized spacial score (nSPS) is 29.1. The summed E-state index contributed by atoms with van der Waals surface area (Å²) < 4.78 is 6.07. The van der Waals surface area contributed by atoms with E-state index in [0.717, 1.165) is 18.1 Å². The van der Waals surface area contributed by atoms with Crippen molar-refractivity contribution in [2.24, 2.45) is 11.8 Å². The first kappa shape index (κ1) is 16.0. The Hall–Kier alpha value is -1.51. The summed E-state index contributed by atoms with van der Waals surface area (Å²) in [6, 6.07) is 6.77. The molecule has 0 spiro atoms. The maximum absolute atomic E-state index is 12.7. The molecular formula is C21H29NO2. The van der Waals surface area contributed by atoms with Crippen molar-refractivity contribution in [1.29, 1.82) is 0 Å². The van der Waals surface area contributed by atoms with Crippen LogP contribution in [0, 0.1) is 11.8 Å². The van der Waals surface area contributed by atoms with E-state index >= 15 is 0 Å². The van der Waals surface area contributed by atoms with Crippen LogP contribution < -0.4 is 10.1 Å². The molecule has 1 amide bonds. The summed E-state index contributed by atoms with van der Waals surface area (Å²) in [5, 5.41) is 3.28. The summed E-state index contributed by atoms with van der Waals surface area (Å²) in [5.41, 5.74) is 2.86. The molecule has 4 atom stereocenters. The maximum atomic E-state index is 12.7. The molecule has 2 saturated carbocycles. The number of hydrogen-bond donors (Lipinski definition) is 1. The Labute approximate surface area is 145 Å². The molecule has 3 nitrogen and oxygen atoms in total. The van der Waals surface area contributed by atoms with Gasteiger partial charge in [-0.25, -0.2) is 0 Å². The Balaban J connectivity index is 1.39.